The largest absolute Gasteiger partial charge is 0.497 e. The molecule has 0 amide bonds. The summed E-state index contributed by atoms with van der Waals surface area (Å²) in [5.41, 5.74) is 1.82. The van der Waals surface area contributed by atoms with E-state index in [2.05, 4.69) is 20.3 Å². The lowest BCUT2D eigenvalue weighted by Gasteiger charge is -2.01. The van der Waals surface area contributed by atoms with Crippen molar-refractivity contribution in [1.82, 2.24) is 19.9 Å². The Bertz CT molecular complexity index is 836. The summed E-state index contributed by atoms with van der Waals surface area (Å²) in [6, 6.07) is 11.3. The van der Waals surface area contributed by atoms with Crippen molar-refractivity contribution < 1.29 is 4.74 Å². The van der Waals surface area contributed by atoms with Gasteiger partial charge in [0.2, 0.25) is 4.77 Å². The first-order valence-corrected chi connectivity index (χ1v) is 6.95. The Morgan fingerprint density at radius 3 is 2.59 bits per heavy atom. The Balaban J connectivity index is 1.93. The fourth-order valence-corrected chi connectivity index (χ4v) is 2.08. The molecule has 2 aromatic heterocycles. The Hall–Kier alpha value is -2.80. The van der Waals surface area contributed by atoms with E-state index in [-0.39, 0.29) is 0 Å². The number of methoxy groups -OCH3 is 1. The van der Waals surface area contributed by atoms with Crippen LogP contribution in [0.5, 0.6) is 5.75 Å². The van der Waals surface area contributed by atoms with Gasteiger partial charge in [0, 0.05) is 18.0 Å². The number of aromatic amines is 1. The van der Waals surface area contributed by atoms with Crippen LogP contribution in [0.3, 0.4) is 0 Å². The molecular weight excluding hydrogens is 298 g/mol. The Labute approximate surface area is 132 Å². The Kier molecular flexibility index (Phi) is 4.06. The lowest BCUT2D eigenvalue weighted by molar-refractivity contribution is 0.415. The van der Waals surface area contributed by atoms with E-state index in [4.69, 9.17) is 17.0 Å². The quantitative estimate of drug-likeness (QED) is 0.594. The van der Waals surface area contributed by atoms with Gasteiger partial charge < -0.3 is 4.74 Å². The van der Waals surface area contributed by atoms with Crippen LogP contribution < -0.4 is 4.74 Å². The average Bonchev–Trinajstić information content (AvgIpc) is 2.95. The predicted octanol–water partition coefficient (Wildman–Crippen LogP) is 2.89. The molecule has 3 rings (SSSR count). The second kappa shape index (κ2) is 6.31. The summed E-state index contributed by atoms with van der Waals surface area (Å²) >= 11 is 5.22. The van der Waals surface area contributed by atoms with Crippen molar-refractivity contribution in [2.75, 3.05) is 7.11 Å². The number of H-pyrrole nitrogens is 1. The van der Waals surface area contributed by atoms with Gasteiger partial charge in [-0.2, -0.15) is 14.9 Å². The number of hydrogen-bond donors (Lipinski definition) is 1. The van der Waals surface area contributed by atoms with Gasteiger partial charge in [0.25, 0.3) is 0 Å². The molecule has 0 saturated carbocycles. The van der Waals surface area contributed by atoms with Gasteiger partial charge in [-0.25, -0.2) is 5.10 Å². The molecule has 0 radical (unpaired) electrons. The molecule has 7 heteroatoms. The van der Waals surface area contributed by atoms with Crippen LogP contribution in [0.4, 0.5) is 0 Å². The molecule has 110 valence electrons. The summed E-state index contributed by atoms with van der Waals surface area (Å²) in [4.78, 5) is 3.99. The number of nitrogens with one attached hydrogen (secondary N) is 1. The van der Waals surface area contributed by atoms with Crippen molar-refractivity contribution in [3.63, 3.8) is 0 Å². The normalized spacial score (nSPS) is 11.0. The molecule has 0 saturated heterocycles. The lowest BCUT2D eigenvalue weighted by Crippen LogP contribution is -1.95. The highest BCUT2D eigenvalue weighted by Gasteiger charge is 2.07. The zero-order valence-electron chi connectivity index (χ0n) is 11.8. The van der Waals surface area contributed by atoms with E-state index in [9.17, 15) is 0 Å². The number of aromatic nitrogens is 4. The summed E-state index contributed by atoms with van der Waals surface area (Å²) in [6.45, 7) is 0. The molecule has 6 nitrogen and oxygen atoms in total. The molecule has 3 aromatic rings. The second-order valence-corrected chi connectivity index (χ2v) is 4.80. The van der Waals surface area contributed by atoms with Crippen LogP contribution in [0.1, 0.15) is 5.56 Å². The highest BCUT2D eigenvalue weighted by molar-refractivity contribution is 7.71. The van der Waals surface area contributed by atoms with E-state index >= 15 is 0 Å². The molecule has 0 aliphatic heterocycles. The minimum atomic E-state index is 0.427. The predicted molar refractivity (Wildman–Crippen MR) is 86.6 cm³/mol. The van der Waals surface area contributed by atoms with Crippen molar-refractivity contribution in [2.24, 2.45) is 5.10 Å². The summed E-state index contributed by atoms with van der Waals surface area (Å²) in [6.07, 6.45) is 5.12. The third-order valence-corrected chi connectivity index (χ3v) is 3.29. The Morgan fingerprint density at radius 2 is 1.91 bits per heavy atom. The maximum atomic E-state index is 5.22. The van der Waals surface area contributed by atoms with Gasteiger partial charge in [-0.05, 0) is 54.2 Å². The smallest absolute Gasteiger partial charge is 0.216 e. The number of benzene rings is 1. The van der Waals surface area contributed by atoms with Crippen molar-refractivity contribution in [1.29, 1.82) is 0 Å². The molecule has 0 unspecified atom stereocenters. The third-order valence-electron chi connectivity index (χ3n) is 3.03. The first-order chi connectivity index (χ1) is 10.8. The molecule has 0 fully saturated rings. The van der Waals surface area contributed by atoms with Crippen molar-refractivity contribution in [3.8, 4) is 17.1 Å². The summed E-state index contributed by atoms with van der Waals surface area (Å²) < 4.78 is 7.13. The van der Waals surface area contributed by atoms with Gasteiger partial charge in [0.15, 0.2) is 5.82 Å². The van der Waals surface area contributed by atoms with Crippen LogP contribution in [-0.4, -0.2) is 33.2 Å². The van der Waals surface area contributed by atoms with E-state index in [1.165, 1.54) is 0 Å². The fraction of sp³-hybridized carbons (Fsp3) is 0.0667. The van der Waals surface area contributed by atoms with Crippen LogP contribution >= 0.6 is 12.2 Å². The zero-order chi connectivity index (χ0) is 15.4. The minimum absolute atomic E-state index is 0.427. The van der Waals surface area contributed by atoms with Crippen molar-refractivity contribution in [2.45, 2.75) is 0 Å². The molecule has 0 bridgehead atoms. The van der Waals surface area contributed by atoms with Crippen LogP contribution in [-0.2, 0) is 0 Å². The van der Waals surface area contributed by atoms with Gasteiger partial charge in [0.1, 0.15) is 5.75 Å². The van der Waals surface area contributed by atoms with Gasteiger partial charge in [0.05, 0.1) is 13.3 Å². The van der Waals surface area contributed by atoms with Crippen molar-refractivity contribution in [3.05, 3.63) is 59.1 Å². The average molecular weight is 311 g/mol. The molecule has 1 aromatic carbocycles. The summed E-state index contributed by atoms with van der Waals surface area (Å²) in [7, 11) is 1.63. The number of nitrogens with zero attached hydrogens (tertiary/aromatic N) is 4. The minimum Gasteiger partial charge on any atom is -0.497 e. The van der Waals surface area contributed by atoms with E-state index < -0.39 is 0 Å². The topological polar surface area (TPSA) is 68.1 Å². The number of ether oxygens (including phenoxy) is 1. The number of hydrogen-bond acceptors (Lipinski definition) is 5. The molecule has 0 spiro atoms. The molecule has 0 atom stereocenters. The summed E-state index contributed by atoms with van der Waals surface area (Å²) in [5, 5.41) is 11.4. The van der Waals surface area contributed by atoms with Crippen LogP contribution in [0.2, 0.25) is 0 Å². The summed E-state index contributed by atoms with van der Waals surface area (Å²) in [5.74, 6) is 1.44. The van der Waals surface area contributed by atoms with Crippen LogP contribution in [0.25, 0.3) is 11.4 Å². The first kappa shape index (κ1) is 14.2. The van der Waals surface area contributed by atoms with Crippen LogP contribution in [0, 0.1) is 4.77 Å². The molecule has 2 heterocycles. The van der Waals surface area contributed by atoms with Gasteiger partial charge in [-0.3, -0.25) is 4.98 Å². The monoisotopic (exact) mass is 311 g/mol. The fourth-order valence-electron chi connectivity index (χ4n) is 1.90. The first-order valence-electron chi connectivity index (χ1n) is 6.54. The zero-order valence-corrected chi connectivity index (χ0v) is 12.6. The van der Waals surface area contributed by atoms with E-state index in [0.29, 0.717) is 10.6 Å². The van der Waals surface area contributed by atoms with Crippen LogP contribution in [0.15, 0.2) is 53.9 Å². The molecule has 0 aliphatic rings. The standard InChI is InChI=1S/C15H13N5OS/c1-21-13-4-2-11(3-5-13)10-17-20-14(18-19-15(20)22)12-6-8-16-9-7-12/h2-10H,1H3,(H,19,22)/b17-10-. The maximum Gasteiger partial charge on any atom is 0.216 e. The lowest BCUT2D eigenvalue weighted by atomic mass is 10.2. The maximum absolute atomic E-state index is 5.22. The van der Waals surface area contributed by atoms with Crippen molar-refractivity contribution >= 4 is 18.4 Å². The highest BCUT2D eigenvalue weighted by atomic mass is 32.1. The molecule has 22 heavy (non-hydrogen) atoms. The van der Waals surface area contributed by atoms with Gasteiger partial charge in [-0.15, -0.1) is 0 Å². The van der Waals surface area contributed by atoms with Gasteiger partial charge in [-0.1, -0.05) is 0 Å². The Morgan fingerprint density at radius 1 is 1.18 bits per heavy atom. The van der Waals surface area contributed by atoms with E-state index in [1.54, 1.807) is 30.4 Å². The molecular formula is C15H13N5OS. The SMILES string of the molecule is COc1ccc(/C=N\n2c(-c3ccncc3)n[nH]c2=S)cc1. The third kappa shape index (κ3) is 2.94. The molecule has 0 aliphatic carbocycles. The number of pyridine rings is 1. The molecule has 1 N–H and O–H groups in total. The van der Waals surface area contributed by atoms with E-state index in [1.807, 2.05) is 36.4 Å². The highest BCUT2D eigenvalue weighted by Crippen LogP contribution is 2.16. The van der Waals surface area contributed by atoms with E-state index in [0.717, 1.165) is 16.9 Å². The van der Waals surface area contributed by atoms with Gasteiger partial charge >= 0.3 is 0 Å². The number of rotatable bonds is 4. The second-order valence-electron chi connectivity index (χ2n) is 4.42.